The summed E-state index contributed by atoms with van der Waals surface area (Å²) < 4.78 is 2.02. The van der Waals surface area contributed by atoms with Crippen molar-refractivity contribution in [1.82, 2.24) is 14.6 Å². The van der Waals surface area contributed by atoms with E-state index in [9.17, 15) is 0 Å². The van der Waals surface area contributed by atoms with Crippen LogP contribution in [0.5, 0.6) is 0 Å². The second kappa shape index (κ2) is 9.15. The molecule has 0 saturated heterocycles. The summed E-state index contributed by atoms with van der Waals surface area (Å²) in [6.07, 6.45) is 7.50. The number of benzene rings is 1. The van der Waals surface area contributed by atoms with Crippen molar-refractivity contribution >= 4 is 47.2 Å². The van der Waals surface area contributed by atoms with E-state index in [-0.39, 0.29) is 12.4 Å². The quantitative estimate of drug-likeness (QED) is 0.429. The van der Waals surface area contributed by atoms with Crippen molar-refractivity contribution in [3.05, 3.63) is 40.2 Å². The zero-order valence-electron chi connectivity index (χ0n) is 17.4. The van der Waals surface area contributed by atoms with Gasteiger partial charge in [-0.25, -0.2) is 4.98 Å². The lowest BCUT2D eigenvalue weighted by Gasteiger charge is -2.19. The highest BCUT2D eigenvalue weighted by Crippen LogP contribution is 2.38. The molecular weight excluding hydrogens is 423 g/mol. The molecule has 4 nitrogen and oxygen atoms in total. The number of anilines is 1. The van der Waals surface area contributed by atoms with Crippen LogP contribution in [0.4, 0.5) is 5.82 Å². The van der Waals surface area contributed by atoms with E-state index in [1.54, 1.807) is 11.8 Å². The molecule has 0 bridgehead atoms. The van der Waals surface area contributed by atoms with Crippen molar-refractivity contribution in [3.63, 3.8) is 0 Å². The highest BCUT2D eigenvalue weighted by atomic mass is 35.5. The van der Waals surface area contributed by atoms with Crippen LogP contribution < -0.4 is 5.32 Å². The van der Waals surface area contributed by atoms with E-state index in [1.807, 2.05) is 10.6 Å². The van der Waals surface area contributed by atoms with Gasteiger partial charge in [0.05, 0.1) is 11.3 Å². The zero-order valence-corrected chi connectivity index (χ0v) is 19.8. The first-order valence-electron chi connectivity index (χ1n) is 10.1. The van der Waals surface area contributed by atoms with E-state index in [1.165, 1.54) is 11.3 Å². The average Bonchev–Trinajstić information content (AvgIpc) is 3.29. The van der Waals surface area contributed by atoms with E-state index < -0.39 is 0 Å². The third kappa shape index (κ3) is 3.97. The van der Waals surface area contributed by atoms with Gasteiger partial charge in [0.25, 0.3) is 0 Å². The van der Waals surface area contributed by atoms with Gasteiger partial charge >= 0.3 is 0 Å². The molecule has 0 atom stereocenters. The fourth-order valence-electron chi connectivity index (χ4n) is 4.11. The van der Waals surface area contributed by atoms with Crippen LogP contribution in [-0.4, -0.2) is 26.9 Å². The Bertz CT molecular complexity index is 1030. The predicted molar refractivity (Wildman–Crippen MR) is 127 cm³/mol. The maximum absolute atomic E-state index is 6.66. The molecule has 2 aromatic heterocycles. The van der Waals surface area contributed by atoms with Crippen LogP contribution in [0.2, 0.25) is 5.02 Å². The van der Waals surface area contributed by atoms with Crippen LogP contribution >= 0.6 is 35.8 Å². The van der Waals surface area contributed by atoms with Gasteiger partial charge in [-0.2, -0.15) is 9.61 Å². The molecule has 0 radical (unpaired) electrons. The molecule has 0 unspecified atom stereocenters. The van der Waals surface area contributed by atoms with Gasteiger partial charge in [0.1, 0.15) is 5.82 Å². The first-order chi connectivity index (χ1) is 13.6. The number of nitrogens with zero attached hydrogens (tertiary/aromatic N) is 3. The predicted octanol–water partition coefficient (Wildman–Crippen LogP) is 6.59. The smallest absolute Gasteiger partial charge is 0.165 e. The van der Waals surface area contributed by atoms with Crippen LogP contribution in [0.3, 0.4) is 0 Å². The maximum atomic E-state index is 6.66. The van der Waals surface area contributed by atoms with Crippen molar-refractivity contribution in [1.29, 1.82) is 0 Å². The van der Waals surface area contributed by atoms with Crippen molar-refractivity contribution in [3.8, 4) is 11.1 Å². The SMILES string of the molecule is CCC(CC)Nc1c2c(nc3c(-c4ccc(SC)cc4Cl)c(C)nn13)CCC2.Cl. The van der Waals surface area contributed by atoms with Crippen LogP contribution in [0.15, 0.2) is 23.1 Å². The number of hydrogen-bond donors (Lipinski definition) is 1. The monoisotopic (exact) mass is 450 g/mol. The molecular formula is C22H28Cl2N4S. The number of fused-ring (bicyclic) bond motifs is 2. The van der Waals surface area contributed by atoms with Crippen LogP contribution in [0.25, 0.3) is 16.8 Å². The lowest BCUT2D eigenvalue weighted by atomic mass is 10.1. The maximum Gasteiger partial charge on any atom is 0.165 e. The molecule has 0 aliphatic heterocycles. The van der Waals surface area contributed by atoms with Crippen LogP contribution in [0, 0.1) is 6.92 Å². The molecule has 0 amide bonds. The Hall–Kier alpha value is -1.43. The minimum atomic E-state index is 0. The fraction of sp³-hybridized carbons (Fsp3) is 0.455. The molecule has 2 heterocycles. The first-order valence-corrected chi connectivity index (χ1v) is 11.7. The molecule has 1 N–H and O–H groups in total. The summed E-state index contributed by atoms with van der Waals surface area (Å²) in [5.74, 6) is 1.12. The first kappa shape index (κ1) is 22.3. The summed E-state index contributed by atoms with van der Waals surface area (Å²) in [6, 6.07) is 6.68. The third-order valence-electron chi connectivity index (χ3n) is 5.74. The Balaban J connectivity index is 0.00000240. The standard InChI is InChI=1S/C22H27ClN4S.ClH/c1-5-14(6-2)24-21-17-8-7-9-19(17)25-22-20(13(3)26-27(21)22)16-11-10-15(28-4)12-18(16)23;/h10-12,14,24H,5-9H2,1-4H3;1H. The van der Waals surface area contributed by atoms with Crippen LogP contribution in [0.1, 0.15) is 50.1 Å². The van der Waals surface area contributed by atoms with E-state index in [2.05, 4.69) is 44.5 Å². The van der Waals surface area contributed by atoms with Gasteiger partial charge in [0.15, 0.2) is 5.65 Å². The van der Waals surface area contributed by atoms with Gasteiger partial charge in [-0.05, 0) is 57.4 Å². The van der Waals surface area contributed by atoms with Gasteiger partial charge in [-0.15, -0.1) is 24.2 Å². The molecule has 156 valence electrons. The van der Waals surface area contributed by atoms with E-state index in [0.717, 1.165) is 70.3 Å². The Morgan fingerprint density at radius 3 is 2.66 bits per heavy atom. The highest BCUT2D eigenvalue weighted by Gasteiger charge is 2.25. The summed E-state index contributed by atoms with van der Waals surface area (Å²) in [6.45, 7) is 6.51. The number of halogens is 2. The average molecular weight is 451 g/mol. The van der Waals surface area contributed by atoms with Gasteiger partial charge < -0.3 is 5.32 Å². The molecule has 1 aliphatic carbocycles. The fourth-order valence-corrected chi connectivity index (χ4v) is 4.89. The largest absolute Gasteiger partial charge is 0.367 e. The number of aryl methyl sites for hydroxylation is 2. The molecule has 29 heavy (non-hydrogen) atoms. The molecule has 0 spiro atoms. The molecule has 0 saturated carbocycles. The van der Waals surface area contributed by atoms with E-state index >= 15 is 0 Å². The van der Waals surface area contributed by atoms with Gasteiger partial charge in [-0.1, -0.05) is 31.5 Å². The Labute approximate surface area is 188 Å². The summed E-state index contributed by atoms with van der Waals surface area (Å²) in [5, 5.41) is 9.42. The van der Waals surface area contributed by atoms with E-state index in [4.69, 9.17) is 21.7 Å². The minimum Gasteiger partial charge on any atom is -0.367 e. The lowest BCUT2D eigenvalue weighted by molar-refractivity contribution is 0.661. The van der Waals surface area contributed by atoms with Gasteiger partial charge in [-0.3, -0.25) is 0 Å². The van der Waals surface area contributed by atoms with Gasteiger partial charge in [0, 0.05) is 32.8 Å². The molecule has 7 heteroatoms. The Morgan fingerprint density at radius 2 is 2.00 bits per heavy atom. The highest BCUT2D eigenvalue weighted by molar-refractivity contribution is 7.98. The topological polar surface area (TPSA) is 42.2 Å². The summed E-state index contributed by atoms with van der Waals surface area (Å²) in [4.78, 5) is 6.21. The Kier molecular flexibility index (Phi) is 7.02. The number of nitrogens with one attached hydrogen (secondary N) is 1. The molecule has 1 aliphatic rings. The summed E-state index contributed by atoms with van der Waals surface area (Å²) in [7, 11) is 0. The third-order valence-corrected chi connectivity index (χ3v) is 6.77. The van der Waals surface area contributed by atoms with Crippen molar-refractivity contribution < 1.29 is 0 Å². The van der Waals surface area contributed by atoms with Gasteiger partial charge in [0.2, 0.25) is 0 Å². The summed E-state index contributed by atoms with van der Waals surface area (Å²) >= 11 is 8.36. The summed E-state index contributed by atoms with van der Waals surface area (Å²) in [5.41, 5.74) is 6.45. The van der Waals surface area contributed by atoms with Crippen molar-refractivity contribution in [2.45, 2.75) is 63.8 Å². The molecule has 0 fully saturated rings. The van der Waals surface area contributed by atoms with Crippen LogP contribution in [-0.2, 0) is 12.8 Å². The normalized spacial score (nSPS) is 13.0. The van der Waals surface area contributed by atoms with E-state index in [0.29, 0.717) is 6.04 Å². The minimum absolute atomic E-state index is 0. The van der Waals surface area contributed by atoms with Crippen molar-refractivity contribution in [2.24, 2.45) is 0 Å². The van der Waals surface area contributed by atoms with Crippen molar-refractivity contribution in [2.75, 3.05) is 11.6 Å². The Morgan fingerprint density at radius 1 is 1.24 bits per heavy atom. The zero-order chi connectivity index (χ0) is 19.8. The number of hydrogen-bond acceptors (Lipinski definition) is 4. The number of aromatic nitrogens is 3. The number of rotatable bonds is 6. The number of thioether (sulfide) groups is 1. The molecule has 4 rings (SSSR count). The second-order valence-electron chi connectivity index (χ2n) is 7.44. The second-order valence-corrected chi connectivity index (χ2v) is 8.73. The molecule has 1 aromatic carbocycles. The lowest BCUT2D eigenvalue weighted by Crippen LogP contribution is -2.21. The molecule has 3 aromatic rings.